The van der Waals surface area contributed by atoms with Crippen molar-refractivity contribution in [2.24, 2.45) is 5.10 Å². The molecule has 2 aromatic rings. The first-order valence-corrected chi connectivity index (χ1v) is 7.31. The Morgan fingerprint density at radius 3 is 2.65 bits per heavy atom. The van der Waals surface area contributed by atoms with E-state index in [1.54, 1.807) is 18.2 Å². The van der Waals surface area contributed by atoms with Crippen LogP contribution in [0, 0.1) is 5.82 Å². The number of amides is 1. The molecule has 0 radical (unpaired) electrons. The molecule has 2 aromatic carbocycles. The Hall–Kier alpha value is -2.82. The zero-order valence-corrected chi connectivity index (χ0v) is 12.6. The van der Waals surface area contributed by atoms with E-state index in [-0.39, 0.29) is 17.3 Å². The Balaban J connectivity index is 1.90. The summed E-state index contributed by atoms with van der Waals surface area (Å²) >= 11 is 0. The second-order valence-corrected chi connectivity index (χ2v) is 5.34. The molecular formula is C18H15FN2O2. The van der Waals surface area contributed by atoms with E-state index in [1.807, 2.05) is 12.1 Å². The van der Waals surface area contributed by atoms with Gasteiger partial charge >= 0.3 is 0 Å². The zero-order chi connectivity index (χ0) is 16.4. The molecule has 0 aromatic heterocycles. The van der Waals surface area contributed by atoms with E-state index in [1.165, 1.54) is 30.1 Å². The third kappa shape index (κ3) is 3.04. The minimum atomic E-state index is -0.457. The number of hydrogen-bond acceptors (Lipinski definition) is 3. The first-order chi connectivity index (χ1) is 11.1. The lowest BCUT2D eigenvalue weighted by Crippen LogP contribution is -2.23. The van der Waals surface area contributed by atoms with Crippen molar-refractivity contribution in [3.8, 4) is 0 Å². The van der Waals surface area contributed by atoms with Crippen LogP contribution in [0.15, 0.2) is 53.6 Å². The van der Waals surface area contributed by atoms with Crippen LogP contribution in [0.25, 0.3) is 0 Å². The van der Waals surface area contributed by atoms with Gasteiger partial charge in [-0.15, -0.1) is 0 Å². The third-order valence-corrected chi connectivity index (χ3v) is 3.73. The summed E-state index contributed by atoms with van der Waals surface area (Å²) < 4.78 is 13.3. The molecule has 0 saturated heterocycles. The summed E-state index contributed by atoms with van der Waals surface area (Å²) in [6.07, 6.45) is 0.561. The van der Waals surface area contributed by atoms with Gasteiger partial charge in [0.25, 0.3) is 5.91 Å². The van der Waals surface area contributed by atoms with Crippen molar-refractivity contribution in [2.75, 3.05) is 6.54 Å². The van der Waals surface area contributed by atoms with Crippen LogP contribution in [-0.4, -0.2) is 29.0 Å². The number of hydrazone groups is 1. The smallest absolute Gasteiger partial charge is 0.274 e. The van der Waals surface area contributed by atoms with E-state index >= 15 is 0 Å². The molecule has 0 aliphatic carbocycles. The van der Waals surface area contributed by atoms with Gasteiger partial charge in [-0.05, 0) is 25.1 Å². The molecule has 23 heavy (non-hydrogen) atoms. The van der Waals surface area contributed by atoms with Crippen LogP contribution in [0.3, 0.4) is 0 Å². The van der Waals surface area contributed by atoms with E-state index in [0.717, 1.165) is 5.56 Å². The molecular weight excluding hydrogens is 295 g/mol. The minimum absolute atomic E-state index is 0.0433. The van der Waals surface area contributed by atoms with Gasteiger partial charge in [0.15, 0.2) is 5.78 Å². The van der Waals surface area contributed by atoms with Crippen molar-refractivity contribution in [1.29, 1.82) is 0 Å². The van der Waals surface area contributed by atoms with Gasteiger partial charge < -0.3 is 0 Å². The average Bonchev–Trinajstić information content (AvgIpc) is 3.04. The number of hydrogen-bond donors (Lipinski definition) is 0. The van der Waals surface area contributed by atoms with Crippen LogP contribution in [0.4, 0.5) is 4.39 Å². The molecule has 0 N–H and O–H groups in total. The van der Waals surface area contributed by atoms with Gasteiger partial charge in [-0.1, -0.05) is 30.3 Å². The van der Waals surface area contributed by atoms with Crippen LogP contribution in [-0.2, 0) is 0 Å². The quantitative estimate of drug-likeness (QED) is 0.817. The predicted molar refractivity (Wildman–Crippen MR) is 85.0 cm³/mol. The fraction of sp³-hybridized carbons (Fsp3) is 0.167. The number of ketones is 1. The first-order valence-electron chi connectivity index (χ1n) is 7.31. The maximum atomic E-state index is 13.3. The maximum Gasteiger partial charge on any atom is 0.274 e. The van der Waals surface area contributed by atoms with Crippen molar-refractivity contribution < 1.29 is 14.0 Å². The fourth-order valence-electron chi connectivity index (χ4n) is 2.61. The molecule has 1 heterocycles. The third-order valence-electron chi connectivity index (χ3n) is 3.73. The standard InChI is InChI=1S/C18H15FN2O2/c1-12(22)15-7-2-3-8-16(15)17-9-10-21(20-17)18(23)13-5-4-6-14(19)11-13/h2-8,11H,9-10H2,1H3. The van der Waals surface area contributed by atoms with Gasteiger partial charge in [0.2, 0.25) is 0 Å². The van der Waals surface area contributed by atoms with E-state index in [4.69, 9.17) is 0 Å². The van der Waals surface area contributed by atoms with Gasteiger partial charge in [0.05, 0.1) is 12.3 Å². The number of rotatable bonds is 3. The topological polar surface area (TPSA) is 49.7 Å². The van der Waals surface area contributed by atoms with Gasteiger partial charge in [-0.25, -0.2) is 9.40 Å². The second kappa shape index (κ2) is 6.12. The monoisotopic (exact) mass is 310 g/mol. The normalized spacial score (nSPS) is 13.8. The highest BCUT2D eigenvalue weighted by Gasteiger charge is 2.24. The summed E-state index contributed by atoms with van der Waals surface area (Å²) in [5, 5.41) is 5.65. The number of benzene rings is 2. The Morgan fingerprint density at radius 2 is 1.91 bits per heavy atom. The molecule has 116 valence electrons. The molecule has 0 atom stereocenters. The zero-order valence-electron chi connectivity index (χ0n) is 12.6. The van der Waals surface area contributed by atoms with Crippen LogP contribution in [0.5, 0.6) is 0 Å². The van der Waals surface area contributed by atoms with Crippen LogP contribution in [0.1, 0.15) is 39.6 Å². The van der Waals surface area contributed by atoms with E-state index < -0.39 is 5.82 Å². The molecule has 0 bridgehead atoms. The van der Waals surface area contributed by atoms with Crippen molar-refractivity contribution in [3.63, 3.8) is 0 Å². The number of nitrogens with zero attached hydrogens (tertiary/aromatic N) is 2. The largest absolute Gasteiger partial charge is 0.294 e. The lowest BCUT2D eigenvalue weighted by Gasteiger charge is -2.11. The Morgan fingerprint density at radius 1 is 1.13 bits per heavy atom. The van der Waals surface area contributed by atoms with Crippen LogP contribution >= 0.6 is 0 Å². The highest BCUT2D eigenvalue weighted by atomic mass is 19.1. The number of halogens is 1. The minimum Gasteiger partial charge on any atom is -0.294 e. The summed E-state index contributed by atoms with van der Waals surface area (Å²) in [4.78, 5) is 24.1. The molecule has 0 saturated carbocycles. The Labute approximate surface area is 133 Å². The van der Waals surface area contributed by atoms with Crippen molar-refractivity contribution >= 4 is 17.4 Å². The SMILES string of the molecule is CC(=O)c1ccccc1C1=NN(C(=O)c2cccc(F)c2)CC1. The average molecular weight is 310 g/mol. The maximum absolute atomic E-state index is 13.3. The molecule has 0 fully saturated rings. The number of carbonyl (C=O) groups excluding carboxylic acids is 2. The van der Waals surface area contributed by atoms with Gasteiger partial charge in [-0.3, -0.25) is 9.59 Å². The highest BCUT2D eigenvalue weighted by molar-refractivity contribution is 6.11. The lowest BCUT2D eigenvalue weighted by molar-refractivity contribution is 0.0777. The Kier molecular flexibility index (Phi) is 4.02. The van der Waals surface area contributed by atoms with E-state index in [2.05, 4.69) is 5.10 Å². The highest BCUT2D eigenvalue weighted by Crippen LogP contribution is 2.20. The van der Waals surface area contributed by atoms with Crippen molar-refractivity contribution in [2.45, 2.75) is 13.3 Å². The van der Waals surface area contributed by atoms with E-state index in [9.17, 15) is 14.0 Å². The molecule has 0 spiro atoms. The number of Topliss-reactive ketones (excluding diaryl/α,β-unsaturated/α-hetero) is 1. The fourth-order valence-corrected chi connectivity index (χ4v) is 2.61. The molecule has 1 aliphatic heterocycles. The predicted octanol–water partition coefficient (Wildman–Crippen LogP) is 3.28. The summed E-state index contributed by atoms with van der Waals surface area (Å²) in [5.74, 6) is -0.848. The van der Waals surface area contributed by atoms with Gasteiger partial charge in [0.1, 0.15) is 5.82 Å². The summed E-state index contributed by atoms with van der Waals surface area (Å²) in [5.41, 5.74) is 2.29. The Bertz CT molecular complexity index is 814. The second-order valence-electron chi connectivity index (χ2n) is 5.34. The molecule has 1 amide bonds. The first kappa shape index (κ1) is 15.1. The van der Waals surface area contributed by atoms with E-state index in [0.29, 0.717) is 24.2 Å². The summed E-state index contributed by atoms with van der Waals surface area (Å²) in [6.45, 7) is 1.92. The van der Waals surface area contributed by atoms with Crippen LogP contribution in [0.2, 0.25) is 0 Å². The van der Waals surface area contributed by atoms with Gasteiger partial charge in [0, 0.05) is 23.1 Å². The lowest BCUT2D eigenvalue weighted by atomic mass is 9.99. The molecule has 4 nitrogen and oxygen atoms in total. The van der Waals surface area contributed by atoms with Crippen molar-refractivity contribution in [3.05, 3.63) is 71.0 Å². The molecule has 1 aliphatic rings. The molecule has 0 unspecified atom stereocenters. The molecule has 3 rings (SSSR count). The summed E-state index contributed by atoms with van der Waals surface area (Å²) in [6, 6.07) is 12.7. The van der Waals surface area contributed by atoms with Crippen LogP contribution < -0.4 is 0 Å². The number of carbonyl (C=O) groups is 2. The van der Waals surface area contributed by atoms with Crippen molar-refractivity contribution in [1.82, 2.24) is 5.01 Å². The summed E-state index contributed by atoms with van der Waals surface area (Å²) in [7, 11) is 0. The van der Waals surface area contributed by atoms with Gasteiger partial charge in [-0.2, -0.15) is 5.10 Å². The molecule has 5 heteroatoms.